The molecule has 0 radical (unpaired) electrons. The summed E-state index contributed by atoms with van der Waals surface area (Å²) in [4.78, 5) is 23.6. The Bertz CT molecular complexity index is 620. The number of anilines is 1. The molecule has 0 aliphatic carbocycles. The molecule has 3 rings (SSSR count). The van der Waals surface area contributed by atoms with Crippen molar-refractivity contribution < 1.29 is 4.79 Å². The lowest BCUT2D eigenvalue weighted by atomic mass is 9.81. The number of amides is 1. The Morgan fingerprint density at radius 3 is 2.72 bits per heavy atom. The number of rotatable bonds is 4. The average Bonchev–Trinajstić information content (AvgIpc) is 2.78. The number of carbonyl (C=O) groups is 1. The minimum Gasteiger partial charge on any atom is -0.362 e. The van der Waals surface area contributed by atoms with Crippen LogP contribution in [-0.2, 0) is 11.3 Å². The van der Waals surface area contributed by atoms with Gasteiger partial charge in [-0.2, -0.15) is 0 Å². The molecule has 2 aliphatic heterocycles. The summed E-state index contributed by atoms with van der Waals surface area (Å²) in [5.74, 6) is 2.05. The van der Waals surface area contributed by atoms with Crippen molar-refractivity contribution in [1.82, 2.24) is 14.8 Å². The van der Waals surface area contributed by atoms with E-state index in [0.29, 0.717) is 11.8 Å². The Labute approximate surface area is 151 Å². The number of nitrogens with zero attached hydrogens (tertiary/aromatic N) is 4. The van der Waals surface area contributed by atoms with Crippen LogP contribution in [-0.4, -0.2) is 61.5 Å². The van der Waals surface area contributed by atoms with Crippen LogP contribution in [0.4, 0.5) is 5.82 Å². The maximum absolute atomic E-state index is 12.6. The summed E-state index contributed by atoms with van der Waals surface area (Å²) >= 11 is 0. The van der Waals surface area contributed by atoms with Crippen LogP contribution in [0, 0.1) is 11.8 Å². The van der Waals surface area contributed by atoms with Gasteiger partial charge in [-0.25, -0.2) is 4.98 Å². The zero-order valence-electron chi connectivity index (χ0n) is 15.7. The van der Waals surface area contributed by atoms with Gasteiger partial charge in [0.05, 0.1) is 0 Å². The number of likely N-dealkylation sites (tertiary alicyclic amines) is 1. The predicted octanol–water partition coefficient (Wildman–Crippen LogP) is 2.39. The van der Waals surface area contributed by atoms with Crippen LogP contribution in [0.5, 0.6) is 0 Å². The van der Waals surface area contributed by atoms with Crippen molar-refractivity contribution in [2.24, 2.45) is 11.8 Å². The second-order valence-electron chi connectivity index (χ2n) is 7.53. The Hall–Kier alpha value is -1.88. The molecule has 1 aromatic heterocycles. The van der Waals surface area contributed by atoms with Gasteiger partial charge in [0.2, 0.25) is 5.91 Å². The molecule has 25 heavy (non-hydrogen) atoms. The van der Waals surface area contributed by atoms with E-state index in [-0.39, 0.29) is 5.92 Å². The number of likely N-dealkylation sites (N-methyl/N-ethyl adjacent to an activating group) is 1. The normalized spacial score (nSPS) is 22.9. The van der Waals surface area contributed by atoms with E-state index < -0.39 is 0 Å². The van der Waals surface area contributed by atoms with Crippen LogP contribution in [0.25, 0.3) is 0 Å². The summed E-state index contributed by atoms with van der Waals surface area (Å²) in [5, 5.41) is 0. The van der Waals surface area contributed by atoms with Crippen LogP contribution in [0.1, 0.15) is 24.8 Å². The highest BCUT2D eigenvalue weighted by molar-refractivity contribution is 5.79. The first-order chi connectivity index (χ1) is 12.1. The van der Waals surface area contributed by atoms with E-state index in [2.05, 4.69) is 33.0 Å². The fourth-order valence-electron chi connectivity index (χ4n) is 4.05. The summed E-state index contributed by atoms with van der Waals surface area (Å²) in [7, 11) is 6.00. The lowest BCUT2D eigenvalue weighted by Crippen LogP contribution is -2.41. The zero-order valence-corrected chi connectivity index (χ0v) is 15.7. The predicted molar refractivity (Wildman–Crippen MR) is 101 cm³/mol. The molecule has 1 aromatic rings. The maximum Gasteiger partial charge on any atom is 0.226 e. The minimum absolute atomic E-state index is 0.168. The SMILES string of the molecule is CN1CC=CCC(C2CCN(Cc3cccnc3N(C)C)CC2)C1=O. The van der Waals surface area contributed by atoms with Gasteiger partial charge in [-0.1, -0.05) is 18.2 Å². The molecular formula is C20H30N4O. The molecular weight excluding hydrogens is 312 g/mol. The monoisotopic (exact) mass is 342 g/mol. The molecule has 3 heterocycles. The third-order valence-corrected chi connectivity index (χ3v) is 5.52. The van der Waals surface area contributed by atoms with Crippen molar-refractivity contribution in [3.05, 3.63) is 36.0 Å². The fourth-order valence-corrected chi connectivity index (χ4v) is 4.05. The number of hydrogen-bond donors (Lipinski definition) is 0. The van der Waals surface area contributed by atoms with Crippen LogP contribution < -0.4 is 4.90 Å². The van der Waals surface area contributed by atoms with Crippen molar-refractivity contribution >= 4 is 11.7 Å². The molecule has 1 unspecified atom stereocenters. The summed E-state index contributed by atoms with van der Waals surface area (Å²) < 4.78 is 0. The molecule has 0 saturated carbocycles. The Morgan fingerprint density at radius 2 is 2.00 bits per heavy atom. The molecule has 1 amide bonds. The molecule has 0 bridgehead atoms. The minimum atomic E-state index is 0.168. The molecule has 0 aromatic carbocycles. The number of piperidine rings is 1. The summed E-state index contributed by atoms with van der Waals surface area (Å²) in [6, 6.07) is 4.18. The van der Waals surface area contributed by atoms with E-state index in [0.717, 1.165) is 51.3 Å². The van der Waals surface area contributed by atoms with Crippen LogP contribution in [0.2, 0.25) is 0 Å². The smallest absolute Gasteiger partial charge is 0.226 e. The van der Waals surface area contributed by atoms with Gasteiger partial charge in [0, 0.05) is 51.9 Å². The number of hydrogen-bond acceptors (Lipinski definition) is 4. The quantitative estimate of drug-likeness (QED) is 0.788. The molecule has 2 aliphatic rings. The van der Waals surface area contributed by atoms with Crippen LogP contribution in [0.15, 0.2) is 30.5 Å². The first kappa shape index (κ1) is 17.9. The summed E-state index contributed by atoms with van der Waals surface area (Å²) in [5.41, 5.74) is 1.28. The largest absolute Gasteiger partial charge is 0.362 e. The van der Waals surface area contributed by atoms with E-state index in [1.54, 1.807) is 0 Å². The number of carbonyl (C=O) groups excluding carboxylic acids is 1. The first-order valence-electron chi connectivity index (χ1n) is 9.30. The van der Waals surface area contributed by atoms with Crippen LogP contribution >= 0.6 is 0 Å². The van der Waals surface area contributed by atoms with Crippen molar-refractivity contribution in [3.63, 3.8) is 0 Å². The summed E-state index contributed by atoms with van der Waals surface area (Å²) in [6.07, 6.45) is 9.29. The van der Waals surface area contributed by atoms with Crippen molar-refractivity contribution in [2.45, 2.75) is 25.8 Å². The third-order valence-electron chi connectivity index (χ3n) is 5.52. The molecule has 0 N–H and O–H groups in total. The van der Waals surface area contributed by atoms with Crippen LogP contribution in [0.3, 0.4) is 0 Å². The highest BCUT2D eigenvalue weighted by Gasteiger charge is 2.33. The van der Waals surface area contributed by atoms with E-state index in [9.17, 15) is 4.79 Å². The van der Waals surface area contributed by atoms with Crippen molar-refractivity contribution in [3.8, 4) is 0 Å². The Morgan fingerprint density at radius 1 is 1.24 bits per heavy atom. The van der Waals surface area contributed by atoms with Gasteiger partial charge in [-0.3, -0.25) is 9.69 Å². The zero-order chi connectivity index (χ0) is 17.8. The molecule has 1 fully saturated rings. The lowest BCUT2D eigenvalue weighted by molar-refractivity contribution is -0.135. The van der Waals surface area contributed by atoms with Gasteiger partial charge in [0.1, 0.15) is 5.82 Å². The van der Waals surface area contributed by atoms with Crippen molar-refractivity contribution in [1.29, 1.82) is 0 Å². The Kier molecular flexibility index (Phi) is 5.74. The van der Waals surface area contributed by atoms with Gasteiger partial charge in [0.15, 0.2) is 0 Å². The molecule has 5 heteroatoms. The molecule has 136 valence electrons. The fraction of sp³-hybridized carbons (Fsp3) is 0.600. The lowest BCUT2D eigenvalue weighted by Gasteiger charge is -2.36. The van der Waals surface area contributed by atoms with Gasteiger partial charge in [-0.05, 0) is 44.3 Å². The third kappa shape index (κ3) is 4.21. The highest BCUT2D eigenvalue weighted by atomic mass is 16.2. The maximum atomic E-state index is 12.6. The second-order valence-corrected chi connectivity index (χ2v) is 7.53. The van der Waals surface area contributed by atoms with Gasteiger partial charge in [-0.15, -0.1) is 0 Å². The van der Waals surface area contributed by atoms with E-state index in [1.807, 2.05) is 38.3 Å². The highest BCUT2D eigenvalue weighted by Crippen LogP contribution is 2.31. The number of pyridine rings is 1. The second kappa shape index (κ2) is 8.00. The molecule has 1 saturated heterocycles. The molecule has 1 atom stereocenters. The average molecular weight is 342 g/mol. The number of allylic oxidation sites excluding steroid dienone is 1. The van der Waals surface area contributed by atoms with Gasteiger partial charge >= 0.3 is 0 Å². The standard InChI is InChI=1S/C20H30N4O/c1-22(2)19-17(7-6-11-21-19)15-24-13-9-16(10-14-24)18-8-4-5-12-23(3)20(18)25/h4-7,11,16,18H,8-10,12-15H2,1-3H3. The van der Waals surface area contributed by atoms with E-state index in [4.69, 9.17) is 0 Å². The summed E-state index contributed by atoms with van der Waals surface area (Å²) in [6.45, 7) is 3.81. The first-order valence-corrected chi connectivity index (χ1v) is 9.30. The van der Waals surface area contributed by atoms with E-state index in [1.165, 1.54) is 5.56 Å². The molecule has 5 nitrogen and oxygen atoms in total. The topological polar surface area (TPSA) is 39.7 Å². The number of aromatic nitrogens is 1. The molecule has 0 spiro atoms. The van der Waals surface area contributed by atoms with Gasteiger partial charge < -0.3 is 9.80 Å². The van der Waals surface area contributed by atoms with Crippen molar-refractivity contribution in [2.75, 3.05) is 45.7 Å². The Balaban J connectivity index is 1.59. The van der Waals surface area contributed by atoms with E-state index >= 15 is 0 Å². The van der Waals surface area contributed by atoms with Gasteiger partial charge in [0.25, 0.3) is 0 Å².